The summed E-state index contributed by atoms with van der Waals surface area (Å²) in [5, 5.41) is 5.66. The van der Waals surface area contributed by atoms with Crippen molar-refractivity contribution in [3.05, 3.63) is 28.0 Å². The van der Waals surface area contributed by atoms with Crippen molar-refractivity contribution >= 4 is 34.5 Å². The van der Waals surface area contributed by atoms with E-state index in [1.807, 2.05) is 12.3 Å². The van der Waals surface area contributed by atoms with Crippen LogP contribution in [-0.2, 0) is 5.88 Å². The first-order valence-corrected chi connectivity index (χ1v) is 6.62. The average Bonchev–Trinajstić information content (AvgIpc) is 2.83. The fourth-order valence-corrected chi connectivity index (χ4v) is 2.66. The summed E-state index contributed by atoms with van der Waals surface area (Å²) >= 11 is 13.1. The second-order valence-corrected chi connectivity index (χ2v) is 5.37. The molecule has 0 N–H and O–H groups in total. The smallest absolute Gasteiger partial charge is 0.212 e. The zero-order chi connectivity index (χ0) is 11.7. The van der Waals surface area contributed by atoms with Crippen LogP contribution in [-0.4, -0.2) is 14.8 Å². The van der Waals surface area contributed by atoms with Gasteiger partial charge in [-0.05, 0) is 12.0 Å². The van der Waals surface area contributed by atoms with Crippen molar-refractivity contribution in [3.8, 4) is 5.13 Å². The monoisotopic (exact) mass is 275 g/mol. The Hall–Kier alpha value is -0.580. The molecule has 86 valence electrons. The predicted molar refractivity (Wildman–Crippen MR) is 67.9 cm³/mol. The van der Waals surface area contributed by atoms with E-state index >= 15 is 0 Å². The van der Waals surface area contributed by atoms with E-state index < -0.39 is 0 Å². The molecule has 0 aliphatic carbocycles. The lowest BCUT2D eigenvalue weighted by Gasteiger charge is -1.97. The summed E-state index contributed by atoms with van der Waals surface area (Å²) in [4.78, 5) is 5.10. The summed E-state index contributed by atoms with van der Waals surface area (Å²) in [6.07, 6.45) is 1.89. The maximum atomic E-state index is 5.94. The second kappa shape index (κ2) is 4.73. The molecule has 0 amide bonds. The van der Waals surface area contributed by atoms with Gasteiger partial charge in [0, 0.05) is 6.20 Å². The van der Waals surface area contributed by atoms with E-state index in [1.54, 1.807) is 4.68 Å². The highest BCUT2D eigenvalue weighted by Gasteiger charge is 2.11. The second-order valence-electron chi connectivity index (χ2n) is 3.68. The molecule has 0 bridgehead atoms. The Morgan fingerprint density at radius 1 is 1.50 bits per heavy atom. The van der Waals surface area contributed by atoms with E-state index in [2.05, 4.69) is 23.9 Å². The largest absolute Gasteiger partial charge is 0.213 e. The lowest BCUT2D eigenvalue weighted by molar-refractivity contribution is 0.765. The zero-order valence-corrected chi connectivity index (χ0v) is 11.3. The van der Waals surface area contributed by atoms with Gasteiger partial charge in [-0.1, -0.05) is 36.8 Å². The molecule has 2 aromatic heterocycles. The Balaban J connectivity index is 2.35. The van der Waals surface area contributed by atoms with Crippen molar-refractivity contribution in [2.45, 2.75) is 25.6 Å². The number of thiazole rings is 1. The van der Waals surface area contributed by atoms with Gasteiger partial charge in [0.1, 0.15) is 5.15 Å². The molecule has 0 radical (unpaired) electrons. The minimum absolute atomic E-state index is 0.384. The third kappa shape index (κ3) is 2.24. The molecule has 0 aliphatic rings. The average molecular weight is 276 g/mol. The van der Waals surface area contributed by atoms with Crippen LogP contribution in [0.25, 0.3) is 5.13 Å². The van der Waals surface area contributed by atoms with Crippen molar-refractivity contribution in [3.63, 3.8) is 0 Å². The Morgan fingerprint density at radius 2 is 2.25 bits per heavy atom. The molecule has 2 heterocycles. The van der Waals surface area contributed by atoms with Crippen LogP contribution in [0.1, 0.15) is 30.3 Å². The number of hydrogen-bond acceptors (Lipinski definition) is 3. The topological polar surface area (TPSA) is 30.7 Å². The van der Waals surface area contributed by atoms with E-state index in [9.17, 15) is 0 Å². The van der Waals surface area contributed by atoms with Crippen LogP contribution in [0.3, 0.4) is 0 Å². The van der Waals surface area contributed by atoms with Gasteiger partial charge in [0.25, 0.3) is 0 Å². The fraction of sp³-hybridized carbons (Fsp3) is 0.400. The van der Waals surface area contributed by atoms with Gasteiger partial charge in [0.2, 0.25) is 5.13 Å². The first kappa shape index (κ1) is 11.9. The third-order valence-electron chi connectivity index (χ3n) is 2.16. The highest BCUT2D eigenvalue weighted by Crippen LogP contribution is 2.27. The van der Waals surface area contributed by atoms with Gasteiger partial charge >= 0.3 is 0 Å². The Kier molecular flexibility index (Phi) is 3.52. The number of hydrogen-bond donors (Lipinski definition) is 0. The van der Waals surface area contributed by atoms with E-state index in [0.717, 1.165) is 15.7 Å². The summed E-state index contributed by atoms with van der Waals surface area (Å²) in [6.45, 7) is 4.21. The summed E-state index contributed by atoms with van der Waals surface area (Å²) in [5.41, 5.74) is 1.04. The molecule has 0 atom stereocenters. The van der Waals surface area contributed by atoms with Gasteiger partial charge < -0.3 is 0 Å². The quantitative estimate of drug-likeness (QED) is 0.797. The van der Waals surface area contributed by atoms with E-state index in [1.165, 1.54) is 11.3 Å². The molecule has 0 spiro atoms. The van der Waals surface area contributed by atoms with Crippen LogP contribution in [0.15, 0.2) is 12.3 Å². The molecule has 0 fully saturated rings. The van der Waals surface area contributed by atoms with Crippen molar-refractivity contribution in [1.82, 2.24) is 14.8 Å². The standard InChI is InChI=1S/C10H11Cl2N3S/c1-6(2)7-3-4-15(14-7)10-13-9(12)8(5-11)16-10/h3-4,6H,5H2,1-2H3. The van der Waals surface area contributed by atoms with Crippen LogP contribution >= 0.6 is 34.5 Å². The molecule has 2 aromatic rings. The first-order valence-electron chi connectivity index (χ1n) is 4.89. The molecule has 0 aliphatic heterocycles. The van der Waals surface area contributed by atoms with Gasteiger partial charge in [0.05, 0.1) is 16.5 Å². The molecular formula is C10H11Cl2N3S. The summed E-state index contributed by atoms with van der Waals surface area (Å²) in [6, 6.07) is 1.99. The number of rotatable bonds is 3. The van der Waals surface area contributed by atoms with Crippen LogP contribution in [0.2, 0.25) is 5.15 Å². The maximum absolute atomic E-state index is 5.94. The molecule has 0 aromatic carbocycles. The van der Waals surface area contributed by atoms with Crippen LogP contribution in [0.5, 0.6) is 0 Å². The fourth-order valence-electron chi connectivity index (χ4n) is 1.25. The first-order chi connectivity index (χ1) is 7.61. The minimum Gasteiger partial charge on any atom is -0.213 e. The normalized spacial score (nSPS) is 11.3. The van der Waals surface area contributed by atoms with Gasteiger partial charge in [0.15, 0.2) is 0 Å². The summed E-state index contributed by atoms with van der Waals surface area (Å²) in [5.74, 6) is 0.790. The van der Waals surface area contributed by atoms with Gasteiger partial charge in [-0.25, -0.2) is 9.67 Å². The lowest BCUT2D eigenvalue weighted by atomic mass is 10.1. The van der Waals surface area contributed by atoms with E-state index in [4.69, 9.17) is 23.2 Å². The highest BCUT2D eigenvalue weighted by atomic mass is 35.5. The Bertz CT molecular complexity index is 490. The van der Waals surface area contributed by atoms with Crippen molar-refractivity contribution in [2.24, 2.45) is 0 Å². The number of alkyl halides is 1. The predicted octanol–water partition coefficient (Wildman–Crippen LogP) is 3.84. The summed E-state index contributed by atoms with van der Waals surface area (Å²) in [7, 11) is 0. The Morgan fingerprint density at radius 3 is 2.75 bits per heavy atom. The zero-order valence-electron chi connectivity index (χ0n) is 8.94. The minimum atomic E-state index is 0.384. The van der Waals surface area contributed by atoms with E-state index in [-0.39, 0.29) is 0 Å². The van der Waals surface area contributed by atoms with Crippen LogP contribution in [0, 0.1) is 0 Å². The maximum Gasteiger partial charge on any atom is 0.212 e. The molecule has 0 saturated heterocycles. The number of halogens is 2. The third-order valence-corrected chi connectivity index (χ3v) is 4.05. The molecule has 0 unspecified atom stereocenters. The summed E-state index contributed by atoms with van der Waals surface area (Å²) < 4.78 is 1.74. The molecule has 2 rings (SSSR count). The highest BCUT2D eigenvalue weighted by molar-refractivity contribution is 7.14. The van der Waals surface area contributed by atoms with Gasteiger partial charge in [-0.3, -0.25) is 0 Å². The van der Waals surface area contributed by atoms with Crippen molar-refractivity contribution in [1.29, 1.82) is 0 Å². The van der Waals surface area contributed by atoms with E-state index in [0.29, 0.717) is 17.0 Å². The van der Waals surface area contributed by atoms with Gasteiger partial charge in [-0.2, -0.15) is 5.10 Å². The van der Waals surface area contributed by atoms with Crippen molar-refractivity contribution < 1.29 is 0 Å². The van der Waals surface area contributed by atoms with Crippen molar-refractivity contribution in [2.75, 3.05) is 0 Å². The molecular weight excluding hydrogens is 265 g/mol. The molecule has 0 saturated carbocycles. The number of aromatic nitrogens is 3. The molecule has 3 nitrogen and oxygen atoms in total. The SMILES string of the molecule is CC(C)c1ccn(-c2nc(Cl)c(CCl)s2)n1. The van der Waals surface area contributed by atoms with Gasteiger partial charge in [-0.15, -0.1) is 11.6 Å². The molecule has 6 heteroatoms. The van der Waals surface area contributed by atoms with Crippen LogP contribution < -0.4 is 0 Å². The van der Waals surface area contributed by atoms with Crippen LogP contribution in [0.4, 0.5) is 0 Å². The Labute approximate surface area is 108 Å². The number of nitrogens with zero attached hydrogens (tertiary/aromatic N) is 3. The lowest BCUT2D eigenvalue weighted by Crippen LogP contribution is -1.96. The molecule has 16 heavy (non-hydrogen) atoms.